The van der Waals surface area contributed by atoms with Gasteiger partial charge in [-0.3, -0.25) is 14.5 Å². The van der Waals surface area contributed by atoms with Gasteiger partial charge in [0.05, 0.1) is 16.0 Å². The summed E-state index contributed by atoms with van der Waals surface area (Å²) in [6, 6.07) is 4.04. The smallest absolute Gasteiger partial charge is 0.261 e. The average Bonchev–Trinajstić information content (AvgIpc) is 2.84. The molecule has 2 aliphatic rings. The van der Waals surface area contributed by atoms with Gasteiger partial charge in [0, 0.05) is 39.8 Å². The number of nitrogens with one attached hydrogen (secondary N) is 2. The number of benzene rings is 1. The highest BCUT2D eigenvalue weighted by molar-refractivity contribution is 7.89. The number of amides is 2. The Morgan fingerprint density at radius 2 is 1.80 bits per heavy atom. The summed E-state index contributed by atoms with van der Waals surface area (Å²) >= 11 is 0. The van der Waals surface area contributed by atoms with Crippen molar-refractivity contribution in [1.82, 2.24) is 19.8 Å². The fraction of sp³-hybridized carbons (Fsp3) is 0.500. The van der Waals surface area contributed by atoms with Crippen LogP contribution in [0.3, 0.4) is 0 Å². The summed E-state index contributed by atoms with van der Waals surface area (Å²) in [5.74, 6) is -0.885. The van der Waals surface area contributed by atoms with Gasteiger partial charge in [-0.15, -0.1) is 0 Å². The summed E-state index contributed by atoms with van der Waals surface area (Å²) in [5, 5.41) is 3.27. The van der Waals surface area contributed by atoms with Gasteiger partial charge in [-0.2, -0.15) is 0 Å². The van der Waals surface area contributed by atoms with Crippen LogP contribution in [-0.4, -0.2) is 76.3 Å². The SMILES string of the molecule is CN1C(=O)c2ccc(S(=O)(=O)NCCCN3CCNCC3)cc2C1=O. The minimum Gasteiger partial charge on any atom is -0.314 e. The van der Waals surface area contributed by atoms with E-state index in [2.05, 4.69) is 14.9 Å². The second-order valence-electron chi connectivity index (χ2n) is 6.22. The molecular formula is C16H22N4O4S. The number of nitrogens with zero attached hydrogens (tertiary/aromatic N) is 2. The molecule has 9 heteroatoms. The zero-order chi connectivity index (χ0) is 18.0. The summed E-state index contributed by atoms with van der Waals surface area (Å²) < 4.78 is 27.4. The molecule has 136 valence electrons. The van der Waals surface area contributed by atoms with E-state index in [0.717, 1.165) is 37.6 Å². The highest BCUT2D eigenvalue weighted by Gasteiger charge is 2.33. The molecule has 1 saturated heterocycles. The molecule has 0 spiro atoms. The molecule has 8 nitrogen and oxygen atoms in total. The van der Waals surface area contributed by atoms with Gasteiger partial charge in [0.25, 0.3) is 11.8 Å². The Balaban J connectivity index is 1.61. The summed E-state index contributed by atoms with van der Waals surface area (Å²) in [5.41, 5.74) is 0.376. The Morgan fingerprint density at radius 3 is 2.52 bits per heavy atom. The van der Waals surface area contributed by atoms with Crippen molar-refractivity contribution < 1.29 is 18.0 Å². The van der Waals surface area contributed by atoms with Crippen LogP contribution in [0.5, 0.6) is 0 Å². The lowest BCUT2D eigenvalue weighted by Crippen LogP contribution is -2.44. The first-order chi connectivity index (χ1) is 11.9. The molecular weight excluding hydrogens is 344 g/mol. The van der Waals surface area contributed by atoms with Crippen LogP contribution < -0.4 is 10.0 Å². The van der Waals surface area contributed by atoms with Gasteiger partial charge in [-0.05, 0) is 31.2 Å². The Hall–Kier alpha value is -1.81. The Bertz CT molecular complexity index is 787. The maximum atomic E-state index is 12.4. The van der Waals surface area contributed by atoms with Crippen molar-refractivity contribution in [2.75, 3.05) is 46.3 Å². The monoisotopic (exact) mass is 366 g/mol. The van der Waals surface area contributed by atoms with Gasteiger partial charge in [0.2, 0.25) is 10.0 Å². The largest absolute Gasteiger partial charge is 0.314 e. The number of imide groups is 1. The molecule has 0 unspecified atom stereocenters. The van der Waals surface area contributed by atoms with Crippen LogP contribution in [-0.2, 0) is 10.0 Å². The van der Waals surface area contributed by atoms with Gasteiger partial charge in [0.15, 0.2) is 0 Å². The van der Waals surface area contributed by atoms with Crippen molar-refractivity contribution in [3.05, 3.63) is 29.3 Å². The number of piperazine rings is 1. The molecule has 2 amide bonds. The normalized spacial score (nSPS) is 18.7. The van der Waals surface area contributed by atoms with E-state index in [9.17, 15) is 18.0 Å². The van der Waals surface area contributed by atoms with Crippen molar-refractivity contribution in [3.63, 3.8) is 0 Å². The molecule has 2 aliphatic heterocycles. The third-order valence-electron chi connectivity index (χ3n) is 4.52. The number of hydrogen-bond acceptors (Lipinski definition) is 6. The van der Waals surface area contributed by atoms with Crippen molar-refractivity contribution in [2.24, 2.45) is 0 Å². The fourth-order valence-corrected chi connectivity index (χ4v) is 4.13. The third kappa shape index (κ3) is 3.74. The molecule has 0 bridgehead atoms. The molecule has 0 atom stereocenters. The molecule has 25 heavy (non-hydrogen) atoms. The van der Waals surface area contributed by atoms with E-state index in [1.165, 1.54) is 25.2 Å². The van der Waals surface area contributed by atoms with Gasteiger partial charge >= 0.3 is 0 Å². The highest BCUT2D eigenvalue weighted by Crippen LogP contribution is 2.24. The summed E-state index contributed by atoms with van der Waals surface area (Å²) in [4.78, 5) is 27.1. The van der Waals surface area contributed by atoms with Crippen molar-refractivity contribution in [3.8, 4) is 0 Å². The molecule has 1 aromatic rings. The maximum absolute atomic E-state index is 12.4. The van der Waals surface area contributed by atoms with Crippen LogP contribution >= 0.6 is 0 Å². The zero-order valence-electron chi connectivity index (χ0n) is 14.1. The minimum absolute atomic E-state index is 0.00451. The first-order valence-electron chi connectivity index (χ1n) is 8.29. The minimum atomic E-state index is -3.71. The molecule has 2 N–H and O–H groups in total. The van der Waals surface area contributed by atoms with E-state index in [1.807, 2.05) is 0 Å². The molecule has 0 aliphatic carbocycles. The van der Waals surface area contributed by atoms with Crippen LogP contribution in [0, 0.1) is 0 Å². The van der Waals surface area contributed by atoms with Crippen LogP contribution in [0.1, 0.15) is 27.1 Å². The van der Waals surface area contributed by atoms with Gasteiger partial charge < -0.3 is 10.2 Å². The van der Waals surface area contributed by atoms with Crippen LogP contribution in [0.4, 0.5) is 0 Å². The van der Waals surface area contributed by atoms with E-state index < -0.39 is 21.8 Å². The molecule has 2 heterocycles. The van der Waals surface area contributed by atoms with Crippen molar-refractivity contribution in [1.29, 1.82) is 0 Å². The maximum Gasteiger partial charge on any atom is 0.261 e. The zero-order valence-corrected chi connectivity index (χ0v) is 14.9. The quantitative estimate of drug-likeness (QED) is 0.520. The van der Waals surface area contributed by atoms with E-state index in [1.54, 1.807) is 0 Å². The highest BCUT2D eigenvalue weighted by atomic mass is 32.2. The first kappa shape index (κ1) is 18.0. The fourth-order valence-electron chi connectivity index (χ4n) is 3.03. The van der Waals surface area contributed by atoms with E-state index in [4.69, 9.17) is 0 Å². The van der Waals surface area contributed by atoms with Gasteiger partial charge in [-0.25, -0.2) is 13.1 Å². The van der Waals surface area contributed by atoms with Gasteiger partial charge in [-0.1, -0.05) is 0 Å². The lowest BCUT2D eigenvalue weighted by Gasteiger charge is -2.27. The molecule has 0 aromatic heterocycles. The topological polar surface area (TPSA) is 98.8 Å². The number of carbonyl (C=O) groups is 2. The van der Waals surface area contributed by atoms with E-state index in [0.29, 0.717) is 13.0 Å². The Kier molecular flexibility index (Phi) is 5.19. The Labute approximate surface area is 147 Å². The van der Waals surface area contributed by atoms with Crippen LogP contribution in [0.15, 0.2) is 23.1 Å². The lowest BCUT2D eigenvalue weighted by molar-refractivity contribution is 0.0693. The number of rotatable bonds is 6. The van der Waals surface area contributed by atoms with Crippen LogP contribution in [0.2, 0.25) is 0 Å². The predicted octanol–water partition coefficient (Wildman–Crippen LogP) is -0.514. The average molecular weight is 366 g/mol. The second kappa shape index (κ2) is 7.20. The summed E-state index contributed by atoms with van der Waals surface area (Å²) in [6.07, 6.45) is 0.713. The second-order valence-corrected chi connectivity index (χ2v) is 7.99. The molecule has 0 radical (unpaired) electrons. The third-order valence-corrected chi connectivity index (χ3v) is 5.98. The first-order valence-corrected chi connectivity index (χ1v) is 9.77. The summed E-state index contributed by atoms with van der Waals surface area (Å²) in [6.45, 7) is 5.04. The Morgan fingerprint density at radius 1 is 1.12 bits per heavy atom. The lowest BCUT2D eigenvalue weighted by atomic mass is 10.1. The predicted molar refractivity (Wildman–Crippen MR) is 92.0 cm³/mol. The van der Waals surface area contributed by atoms with Gasteiger partial charge in [0.1, 0.15) is 0 Å². The van der Waals surface area contributed by atoms with E-state index >= 15 is 0 Å². The number of fused-ring (bicyclic) bond motifs is 1. The van der Waals surface area contributed by atoms with Crippen LogP contribution in [0.25, 0.3) is 0 Å². The molecule has 3 rings (SSSR count). The standard InChI is InChI=1S/C16H22N4O4S/c1-19-15(21)13-4-3-12(11-14(13)16(19)22)25(23,24)18-5-2-8-20-9-6-17-7-10-20/h3-4,11,17-18H,2,5-10H2,1H3. The molecule has 1 fully saturated rings. The molecule has 1 aromatic carbocycles. The van der Waals surface area contributed by atoms with Crippen molar-refractivity contribution >= 4 is 21.8 Å². The van der Waals surface area contributed by atoms with E-state index in [-0.39, 0.29) is 16.0 Å². The van der Waals surface area contributed by atoms with Crippen molar-refractivity contribution in [2.45, 2.75) is 11.3 Å². The number of carbonyl (C=O) groups excluding carboxylic acids is 2. The summed E-state index contributed by atoms with van der Waals surface area (Å²) in [7, 11) is -2.32. The number of sulfonamides is 1. The molecule has 0 saturated carbocycles. The number of hydrogen-bond donors (Lipinski definition) is 2.